The third kappa shape index (κ3) is 1.30. The quantitative estimate of drug-likeness (QED) is 0.582. The van der Waals surface area contributed by atoms with E-state index in [0.29, 0.717) is 10.8 Å². The molecular weight excluding hydrogens is 144 g/mol. The molecular formula is C12H24. The molecule has 12 heavy (non-hydrogen) atoms. The Labute approximate surface area is 77.7 Å². The van der Waals surface area contributed by atoms with E-state index in [-0.39, 0.29) is 0 Å². The van der Waals surface area contributed by atoms with Crippen LogP contribution in [0.2, 0.25) is 0 Å². The van der Waals surface area contributed by atoms with Gasteiger partial charge in [0.25, 0.3) is 0 Å². The van der Waals surface area contributed by atoms with Crippen molar-refractivity contribution in [1.82, 2.24) is 0 Å². The molecule has 0 heterocycles. The van der Waals surface area contributed by atoms with Crippen molar-refractivity contribution in [2.75, 3.05) is 0 Å². The first-order valence-corrected chi connectivity index (χ1v) is 5.29. The van der Waals surface area contributed by atoms with Gasteiger partial charge in [0.2, 0.25) is 0 Å². The van der Waals surface area contributed by atoms with Gasteiger partial charge in [-0.2, -0.15) is 0 Å². The van der Waals surface area contributed by atoms with Gasteiger partial charge in [-0.05, 0) is 35.5 Å². The first kappa shape index (κ1) is 10.1. The molecule has 0 aromatic carbocycles. The molecule has 0 nitrogen and oxygen atoms in total. The summed E-state index contributed by atoms with van der Waals surface area (Å²) >= 11 is 0. The zero-order chi connectivity index (χ0) is 9.57. The Morgan fingerprint density at radius 1 is 1.25 bits per heavy atom. The van der Waals surface area contributed by atoms with Crippen molar-refractivity contribution in [2.45, 2.75) is 54.4 Å². The van der Waals surface area contributed by atoms with E-state index in [1.54, 1.807) is 0 Å². The minimum atomic E-state index is 0.567. The van der Waals surface area contributed by atoms with Gasteiger partial charge in [-0.3, -0.25) is 0 Å². The lowest BCUT2D eigenvalue weighted by molar-refractivity contribution is -0.110. The third-order valence-corrected chi connectivity index (χ3v) is 4.40. The highest BCUT2D eigenvalue weighted by Gasteiger charge is 2.54. The lowest BCUT2D eigenvalue weighted by atomic mass is 9.44. The molecule has 0 bridgehead atoms. The summed E-state index contributed by atoms with van der Waals surface area (Å²) < 4.78 is 0. The van der Waals surface area contributed by atoms with Crippen LogP contribution in [0.1, 0.15) is 54.4 Å². The van der Waals surface area contributed by atoms with Crippen molar-refractivity contribution in [1.29, 1.82) is 0 Å². The van der Waals surface area contributed by atoms with E-state index >= 15 is 0 Å². The van der Waals surface area contributed by atoms with Crippen LogP contribution in [-0.2, 0) is 0 Å². The molecule has 0 heteroatoms. The Balaban J connectivity index is 2.63. The molecule has 0 N–H and O–H groups in total. The molecule has 2 atom stereocenters. The smallest absolute Gasteiger partial charge is 0.0267 e. The van der Waals surface area contributed by atoms with Crippen LogP contribution in [0.4, 0.5) is 0 Å². The molecule has 2 unspecified atom stereocenters. The van der Waals surface area contributed by atoms with Gasteiger partial charge in [-0.1, -0.05) is 41.5 Å². The predicted molar refractivity (Wildman–Crippen MR) is 55.1 cm³/mol. The Morgan fingerprint density at radius 3 is 2.00 bits per heavy atom. The van der Waals surface area contributed by atoms with Crippen LogP contribution in [0.15, 0.2) is 0 Å². The highest BCUT2D eigenvalue weighted by molar-refractivity contribution is 5.03. The highest BCUT2D eigenvalue weighted by atomic mass is 14.6. The van der Waals surface area contributed by atoms with Crippen molar-refractivity contribution in [3.05, 3.63) is 0 Å². The molecule has 1 fully saturated rings. The monoisotopic (exact) mass is 168 g/mol. The second kappa shape index (κ2) is 2.75. The topological polar surface area (TPSA) is 0 Å². The van der Waals surface area contributed by atoms with E-state index in [9.17, 15) is 0 Å². The second-order valence-electron chi connectivity index (χ2n) is 5.99. The fourth-order valence-electron chi connectivity index (χ4n) is 2.91. The van der Waals surface area contributed by atoms with Gasteiger partial charge in [-0.15, -0.1) is 0 Å². The molecule has 0 spiro atoms. The van der Waals surface area contributed by atoms with Crippen molar-refractivity contribution in [2.24, 2.45) is 22.7 Å². The summed E-state index contributed by atoms with van der Waals surface area (Å²) in [5.41, 5.74) is 1.18. The molecule has 0 saturated heterocycles. The van der Waals surface area contributed by atoms with Crippen LogP contribution < -0.4 is 0 Å². The molecule has 1 rings (SSSR count). The molecule has 0 aromatic rings. The minimum Gasteiger partial charge on any atom is -0.0628 e. The lowest BCUT2D eigenvalue weighted by Crippen LogP contribution is -2.52. The maximum absolute atomic E-state index is 2.47. The Morgan fingerprint density at radius 2 is 1.75 bits per heavy atom. The van der Waals surface area contributed by atoms with E-state index in [2.05, 4.69) is 41.5 Å². The van der Waals surface area contributed by atoms with E-state index in [1.165, 1.54) is 12.8 Å². The van der Waals surface area contributed by atoms with E-state index in [1.807, 2.05) is 0 Å². The van der Waals surface area contributed by atoms with Crippen LogP contribution in [0, 0.1) is 22.7 Å². The zero-order valence-corrected chi connectivity index (χ0v) is 9.57. The molecule has 0 radical (unpaired) electrons. The molecule has 1 aliphatic rings. The maximum Gasteiger partial charge on any atom is -0.0267 e. The Bertz CT molecular complexity index is 167. The van der Waals surface area contributed by atoms with Gasteiger partial charge in [0.1, 0.15) is 0 Å². The fourth-order valence-corrected chi connectivity index (χ4v) is 2.91. The molecule has 1 saturated carbocycles. The largest absolute Gasteiger partial charge is 0.0628 e. The Kier molecular flexibility index (Phi) is 2.31. The maximum atomic E-state index is 2.47. The van der Waals surface area contributed by atoms with Crippen molar-refractivity contribution < 1.29 is 0 Å². The molecule has 0 amide bonds. The molecule has 1 aliphatic carbocycles. The Hall–Kier alpha value is 0. The first-order valence-electron chi connectivity index (χ1n) is 5.29. The van der Waals surface area contributed by atoms with Crippen LogP contribution in [-0.4, -0.2) is 0 Å². The van der Waals surface area contributed by atoms with Gasteiger partial charge < -0.3 is 0 Å². The fraction of sp³-hybridized carbons (Fsp3) is 1.00. The molecule has 0 aromatic heterocycles. The molecule has 0 aliphatic heterocycles. The zero-order valence-electron chi connectivity index (χ0n) is 9.57. The number of rotatable bonds is 2. The second-order valence-corrected chi connectivity index (χ2v) is 5.99. The summed E-state index contributed by atoms with van der Waals surface area (Å²) in [5.74, 6) is 1.77. The average molecular weight is 168 g/mol. The average Bonchev–Trinajstić information content (AvgIpc) is 1.85. The van der Waals surface area contributed by atoms with Gasteiger partial charge in [0.15, 0.2) is 0 Å². The first-order chi connectivity index (χ1) is 5.29. The highest BCUT2D eigenvalue weighted by Crippen LogP contribution is 2.62. The molecule has 72 valence electrons. The summed E-state index contributed by atoms with van der Waals surface area (Å²) in [5, 5.41) is 0. The summed E-state index contributed by atoms with van der Waals surface area (Å²) in [6, 6.07) is 0. The number of hydrogen-bond donors (Lipinski definition) is 0. The summed E-state index contributed by atoms with van der Waals surface area (Å²) in [6.07, 6.45) is 2.82. The minimum absolute atomic E-state index is 0.567. The summed E-state index contributed by atoms with van der Waals surface area (Å²) in [4.78, 5) is 0. The van der Waals surface area contributed by atoms with Crippen LogP contribution in [0.5, 0.6) is 0 Å². The van der Waals surface area contributed by atoms with Gasteiger partial charge in [0, 0.05) is 0 Å². The van der Waals surface area contributed by atoms with E-state index in [4.69, 9.17) is 0 Å². The number of hydrogen-bond acceptors (Lipinski definition) is 0. The van der Waals surface area contributed by atoms with Gasteiger partial charge in [-0.25, -0.2) is 0 Å². The van der Waals surface area contributed by atoms with Crippen LogP contribution in [0.3, 0.4) is 0 Å². The normalized spacial score (nSPS) is 39.8. The van der Waals surface area contributed by atoms with Gasteiger partial charge >= 0.3 is 0 Å². The van der Waals surface area contributed by atoms with E-state index < -0.39 is 0 Å². The van der Waals surface area contributed by atoms with Crippen LogP contribution >= 0.6 is 0 Å². The van der Waals surface area contributed by atoms with Gasteiger partial charge in [0.05, 0.1) is 0 Å². The van der Waals surface area contributed by atoms with Crippen molar-refractivity contribution in [3.8, 4) is 0 Å². The summed E-state index contributed by atoms with van der Waals surface area (Å²) in [7, 11) is 0. The summed E-state index contributed by atoms with van der Waals surface area (Å²) in [6.45, 7) is 14.4. The lowest BCUT2D eigenvalue weighted by Gasteiger charge is -2.60. The standard InChI is InChI=1S/C12H24/c1-9(2)7-12(6)8-10(3)11(12,4)5/h9-10H,7-8H2,1-6H3. The van der Waals surface area contributed by atoms with Crippen molar-refractivity contribution >= 4 is 0 Å². The van der Waals surface area contributed by atoms with E-state index in [0.717, 1.165) is 11.8 Å². The van der Waals surface area contributed by atoms with Crippen LogP contribution in [0.25, 0.3) is 0 Å². The third-order valence-electron chi connectivity index (χ3n) is 4.40. The SMILES string of the molecule is CC(C)CC1(C)CC(C)C1(C)C. The van der Waals surface area contributed by atoms with Crippen molar-refractivity contribution in [3.63, 3.8) is 0 Å². The predicted octanol–water partition coefficient (Wildman–Crippen LogP) is 4.10.